The molecule has 0 radical (unpaired) electrons. The van der Waals surface area contributed by atoms with E-state index in [4.69, 9.17) is 23.7 Å². The lowest BCUT2D eigenvalue weighted by Crippen LogP contribution is -2.24. The fourth-order valence-electron chi connectivity index (χ4n) is 7.86. The van der Waals surface area contributed by atoms with Crippen LogP contribution in [-0.2, 0) is 27.1 Å². The molecule has 0 aliphatic rings. The normalized spacial score (nSPS) is 11.3. The topological polar surface area (TPSA) is 206 Å². The minimum atomic E-state index is -0.748. The molecule has 0 N–H and O–H groups in total. The third kappa shape index (κ3) is 23.3. The molecule has 3 heterocycles. The number of ketones is 3. The zero-order chi connectivity index (χ0) is 59.8. The Kier molecular flexibility index (Phi) is 29.3. The average molecular weight is 1190 g/mol. The van der Waals surface area contributed by atoms with Gasteiger partial charge in [-0.05, 0) is 118 Å². The third-order valence-corrected chi connectivity index (χ3v) is 15.1. The molecule has 7 rings (SSSR count). The first-order valence-corrected chi connectivity index (χ1v) is 30.7. The van der Waals surface area contributed by atoms with Gasteiger partial charge in [0.15, 0.2) is 50.9 Å². The summed E-state index contributed by atoms with van der Waals surface area (Å²) in [6.45, 7) is 9.68. The Hall–Kier alpha value is -7.61. The van der Waals surface area contributed by atoms with Crippen LogP contribution >= 0.6 is 34.0 Å². The number of aromatic nitrogens is 3. The summed E-state index contributed by atoms with van der Waals surface area (Å²) in [6, 6.07) is 32.2. The summed E-state index contributed by atoms with van der Waals surface area (Å²) in [5, 5.41) is 5.23. The predicted molar refractivity (Wildman–Crippen MR) is 324 cm³/mol. The highest BCUT2D eigenvalue weighted by atomic mass is 32.1. The second-order valence-corrected chi connectivity index (χ2v) is 21.6. The van der Waals surface area contributed by atoms with Crippen LogP contribution in [0.25, 0.3) is 0 Å². The highest BCUT2D eigenvalue weighted by molar-refractivity contribution is 7.12. The van der Waals surface area contributed by atoms with Crippen LogP contribution in [0.2, 0.25) is 0 Å². The summed E-state index contributed by atoms with van der Waals surface area (Å²) in [5.74, 6) is 0.778. The van der Waals surface area contributed by atoms with Crippen LogP contribution in [0.5, 0.6) is 28.7 Å². The van der Waals surface area contributed by atoms with Crippen LogP contribution < -0.4 is 18.9 Å². The molecular formula is C64H75N3O13S3. The van der Waals surface area contributed by atoms with Crippen LogP contribution in [0.1, 0.15) is 184 Å². The van der Waals surface area contributed by atoms with E-state index in [0.29, 0.717) is 23.0 Å². The zero-order valence-corrected chi connectivity index (χ0v) is 50.8. The molecular weight excluding hydrogens is 1110 g/mol. The maximum Gasteiger partial charge on any atom is 0.357 e. The van der Waals surface area contributed by atoms with Gasteiger partial charge in [-0.2, -0.15) is 0 Å². The molecule has 0 saturated heterocycles. The van der Waals surface area contributed by atoms with Gasteiger partial charge >= 0.3 is 17.9 Å². The molecule has 83 heavy (non-hydrogen) atoms. The first kappa shape index (κ1) is 66.2. The number of nitrogens with zero attached hydrogens (tertiary/aromatic N) is 3. The Labute approximate surface area is 498 Å². The quantitative estimate of drug-likeness (QED) is 0.0166. The van der Waals surface area contributed by atoms with E-state index in [-0.39, 0.29) is 62.7 Å². The van der Waals surface area contributed by atoms with E-state index < -0.39 is 30.1 Å². The highest BCUT2D eigenvalue weighted by Gasteiger charge is 2.24. The van der Waals surface area contributed by atoms with E-state index >= 15 is 0 Å². The van der Waals surface area contributed by atoms with Crippen LogP contribution in [0.15, 0.2) is 119 Å². The summed E-state index contributed by atoms with van der Waals surface area (Å²) in [6.07, 6.45) is 16.1. The summed E-state index contributed by atoms with van der Waals surface area (Å²) in [7, 11) is 2.55. The Morgan fingerprint density at radius 2 is 0.831 bits per heavy atom. The minimum Gasteiger partial charge on any atom is -0.485 e. The standard InChI is InChI=1S/2C22H29NO4S.C20H17NO5S/c1-4-5-6-7-8-9-10-17-11-13-18(14-12-17)27-16(2)20(24)21-23-19(15-28-21)22(25)26-3;1-3-5-6-7-8-9-10-17-11-13-18(14-12-17)27-15-20(24)21-23-19(16-28-21)22(25)26-4-2;1-13(18(22)19-21-17(12-27-19)20(23)24-2)25-15-8-10-16(11-9-15)26-14-6-4-3-5-7-14/h11-16H,4-10H2,1-3H3;11-14,16H,3-10,15H2,1-2H3;3-13H,1-2H3. The van der Waals surface area contributed by atoms with Crippen molar-refractivity contribution in [2.24, 2.45) is 0 Å². The SMILES string of the molecule is CCCCCCCCc1ccc(OC(C)C(=O)c2nc(C(=O)OC)cs2)cc1.CCCCCCCCc1ccc(OCC(=O)c2nc(C(=O)OCC)cs2)cc1.COC(=O)c1csc(C(=O)C(C)Oc2ccc(Oc3ccccc3)cc2)n1. The number of aryl methyl sites for hydroxylation is 2. The molecule has 3 aromatic heterocycles. The molecule has 0 saturated carbocycles. The lowest BCUT2D eigenvalue weighted by atomic mass is 10.0. The van der Waals surface area contributed by atoms with Crippen LogP contribution in [0.4, 0.5) is 0 Å². The van der Waals surface area contributed by atoms with Crippen LogP contribution in [0, 0.1) is 0 Å². The van der Waals surface area contributed by atoms with E-state index in [9.17, 15) is 28.8 Å². The summed E-state index contributed by atoms with van der Waals surface area (Å²) < 4.78 is 36.8. The molecule has 0 aliphatic carbocycles. The van der Waals surface area contributed by atoms with Gasteiger partial charge in [0.05, 0.1) is 20.8 Å². The van der Waals surface area contributed by atoms with Crippen molar-refractivity contribution in [2.45, 2.75) is 137 Å². The van der Waals surface area contributed by atoms with Crippen molar-refractivity contribution in [3.63, 3.8) is 0 Å². The molecule has 2 atom stereocenters. The average Bonchev–Trinajstić information content (AvgIpc) is 4.53. The number of methoxy groups -OCH3 is 2. The lowest BCUT2D eigenvalue weighted by molar-refractivity contribution is 0.0518. The number of carbonyl (C=O) groups is 6. The summed E-state index contributed by atoms with van der Waals surface area (Å²) in [4.78, 5) is 83.7. The van der Waals surface area contributed by atoms with Crippen molar-refractivity contribution < 1.29 is 61.9 Å². The van der Waals surface area contributed by atoms with E-state index in [2.05, 4.69) is 50.4 Å². The molecule has 0 aliphatic heterocycles. The number of rotatable bonds is 32. The first-order valence-electron chi connectivity index (χ1n) is 28.0. The maximum absolute atomic E-state index is 12.5. The van der Waals surface area contributed by atoms with E-state index in [1.54, 1.807) is 45.0 Å². The molecule has 16 nitrogen and oxygen atoms in total. The van der Waals surface area contributed by atoms with Crippen molar-refractivity contribution in [3.05, 3.63) is 162 Å². The predicted octanol–water partition coefficient (Wildman–Crippen LogP) is 15.3. The van der Waals surface area contributed by atoms with Gasteiger partial charge in [0.2, 0.25) is 17.3 Å². The Morgan fingerprint density at radius 3 is 1.29 bits per heavy atom. The van der Waals surface area contributed by atoms with Crippen molar-refractivity contribution in [2.75, 3.05) is 27.4 Å². The largest absolute Gasteiger partial charge is 0.485 e. The zero-order valence-electron chi connectivity index (χ0n) is 48.4. The molecule has 0 amide bonds. The van der Waals surface area contributed by atoms with Gasteiger partial charge in [-0.15, -0.1) is 34.0 Å². The van der Waals surface area contributed by atoms with Gasteiger partial charge in [0, 0.05) is 16.1 Å². The van der Waals surface area contributed by atoms with Crippen molar-refractivity contribution in [1.29, 1.82) is 0 Å². The second kappa shape index (κ2) is 36.8. The molecule has 4 aromatic carbocycles. The number of hydrogen-bond donors (Lipinski definition) is 0. The fraction of sp³-hybridized carbons (Fsp3) is 0.391. The first-order chi connectivity index (χ1) is 40.2. The Balaban J connectivity index is 0.000000228. The number of Topliss-reactive ketones (excluding diaryl/α,β-unsaturated/α-hetero) is 3. The third-order valence-electron chi connectivity index (χ3n) is 12.5. The molecule has 0 fully saturated rings. The summed E-state index contributed by atoms with van der Waals surface area (Å²) >= 11 is 3.32. The number of carbonyl (C=O) groups excluding carboxylic acids is 6. The van der Waals surface area contributed by atoms with Gasteiger partial charge < -0.3 is 33.2 Å². The number of esters is 3. The second-order valence-electron chi connectivity index (χ2n) is 19.0. The van der Waals surface area contributed by atoms with Crippen molar-refractivity contribution in [1.82, 2.24) is 15.0 Å². The molecule has 442 valence electrons. The van der Waals surface area contributed by atoms with Gasteiger partial charge in [0.1, 0.15) is 28.7 Å². The molecule has 2 unspecified atom stereocenters. The van der Waals surface area contributed by atoms with Gasteiger partial charge in [-0.1, -0.05) is 121 Å². The van der Waals surface area contributed by atoms with Crippen LogP contribution in [-0.4, -0.2) is 89.9 Å². The maximum atomic E-state index is 12.5. The van der Waals surface area contributed by atoms with Gasteiger partial charge in [-0.25, -0.2) is 29.3 Å². The smallest absolute Gasteiger partial charge is 0.357 e. The van der Waals surface area contributed by atoms with E-state index in [1.807, 2.05) is 66.7 Å². The number of unbranched alkanes of at least 4 members (excludes halogenated alkanes) is 10. The fourth-order valence-corrected chi connectivity index (χ4v) is 10.2. The van der Waals surface area contributed by atoms with Crippen molar-refractivity contribution >= 4 is 69.3 Å². The Bertz CT molecular complexity index is 3070. The minimum absolute atomic E-state index is 0.105. The molecule has 0 bridgehead atoms. The molecule has 19 heteroatoms. The molecule has 0 spiro atoms. The van der Waals surface area contributed by atoms with E-state index in [1.165, 1.54) is 119 Å². The summed E-state index contributed by atoms with van der Waals surface area (Å²) in [5.41, 5.74) is 2.98. The number of hydrogen-bond acceptors (Lipinski definition) is 19. The van der Waals surface area contributed by atoms with Gasteiger partial charge in [0.25, 0.3) is 0 Å². The van der Waals surface area contributed by atoms with Crippen LogP contribution in [0.3, 0.4) is 0 Å². The number of thiazole rings is 3. The number of benzene rings is 4. The van der Waals surface area contributed by atoms with Gasteiger partial charge in [-0.3, -0.25) is 14.4 Å². The highest BCUT2D eigenvalue weighted by Crippen LogP contribution is 2.26. The van der Waals surface area contributed by atoms with E-state index in [0.717, 1.165) is 52.6 Å². The molecule has 7 aromatic rings. The number of ether oxygens (including phenoxy) is 7. The number of para-hydroxylation sites is 1. The Morgan fingerprint density at radius 1 is 0.446 bits per heavy atom. The lowest BCUT2D eigenvalue weighted by Gasteiger charge is -2.13. The monoisotopic (exact) mass is 1190 g/mol. The van der Waals surface area contributed by atoms with Crippen molar-refractivity contribution in [3.8, 4) is 28.7 Å².